The molecule has 0 radical (unpaired) electrons. The van der Waals surface area contributed by atoms with Crippen LogP contribution >= 0.6 is 0 Å². The van der Waals surface area contributed by atoms with Gasteiger partial charge in [-0.05, 0) is 42.0 Å². The van der Waals surface area contributed by atoms with Crippen molar-refractivity contribution in [1.29, 1.82) is 0 Å². The van der Waals surface area contributed by atoms with Crippen LogP contribution in [0.5, 0.6) is 11.5 Å². The standard InChI is InChI=1S/C22H22N4O4/c1-28-10-9-24-22(27)17-5-6-18(16-4-7-19-20(11-16)30-14-29-19)26-21(17)25-13-15-3-2-8-23-12-15/h2-8,11-12H,9-10,13-14H2,1H3,(H,24,27)(H,25,26). The van der Waals surface area contributed by atoms with E-state index in [4.69, 9.17) is 19.2 Å². The number of methoxy groups -OCH3 is 1. The zero-order valence-electron chi connectivity index (χ0n) is 16.6. The molecule has 3 heterocycles. The molecule has 30 heavy (non-hydrogen) atoms. The molecule has 0 aliphatic carbocycles. The Morgan fingerprint density at radius 3 is 2.90 bits per heavy atom. The summed E-state index contributed by atoms with van der Waals surface area (Å²) in [5.74, 6) is 1.66. The molecule has 154 valence electrons. The summed E-state index contributed by atoms with van der Waals surface area (Å²) in [6.45, 7) is 1.56. The third-order valence-corrected chi connectivity index (χ3v) is 4.58. The normalized spacial score (nSPS) is 11.9. The summed E-state index contributed by atoms with van der Waals surface area (Å²) >= 11 is 0. The Labute approximate surface area is 174 Å². The molecule has 2 aromatic heterocycles. The number of nitrogens with one attached hydrogen (secondary N) is 2. The lowest BCUT2D eigenvalue weighted by Gasteiger charge is -2.13. The number of rotatable bonds is 8. The van der Waals surface area contributed by atoms with Gasteiger partial charge in [0.2, 0.25) is 6.79 Å². The van der Waals surface area contributed by atoms with Crippen molar-refractivity contribution in [1.82, 2.24) is 15.3 Å². The van der Waals surface area contributed by atoms with E-state index in [9.17, 15) is 4.79 Å². The van der Waals surface area contributed by atoms with Gasteiger partial charge in [-0.25, -0.2) is 4.98 Å². The second kappa shape index (κ2) is 9.23. The molecule has 1 aromatic carbocycles. The average Bonchev–Trinajstić information content (AvgIpc) is 3.26. The maximum absolute atomic E-state index is 12.7. The highest BCUT2D eigenvalue weighted by atomic mass is 16.7. The Bertz CT molecular complexity index is 1030. The quantitative estimate of drug-likeness (QED) is 0.556. The van der Waals surface area contributed by atoms with Crippen LogP contribution in [0.15, 0.2) is 54.9 Å². The van der Waals surface area contributed by atoms with Crippen LogP contribution in [-0.4, -0.2) is 42.9 Å². The fraction of sp³-hybridized carbons (Fsp3) is 0.227. The molecule has 0 saturated heterocycles. The van der Waals surface area contributed by atoms with E-state index in [2.05, 4.69) is 15.6 Å². The molecular weight excluding hydrogens is 384 g/mol. The van der Waals surface area contributed by atoms with Crippen LogP contribution in [0.3, 0.4) is 0 Å². The summed E-state index contributed by atoms with van der Waals surface area (Å²) in [5, 5.41) is 6.10. The van der Waals surface area contributed by atoms with Crippen molar-refractivity contribution in [2.45, 2.75) is 6.54 Å². The molecule has 2 N–H and O–H groups in total. The van der Waals surface area contributed by atoms with E-state index in [0.717, 1.165) is 16.8 Å². The third kappa shape index (κ3) is 4.49. The summed E-state index contributed by atoms with van der Waals surface area (Å²) < 4.78 is 15.8. The summed E-state index contributed by atoms with van der Waals surface area (Å²) in [6.07, 6.45) is 3.49. The molecule has 0 spiro atoms. The molecule has 0 bridgehead atoms. The molecule has 1 aliphatic rings. The van der Waals surface area contributed by atoms with Crippen molar-refractivity contribution in [2.24, 2.45) is 0 Å². The first kappa shape index (κ1) is 19.7. The van der Waals surface area contributed by atoms with E-state index in [0.29, 0.717) is 42.6 Å². The SMILES string of the molecule is COCCNC(=O)c1ccc(-c2ccc3c(c2)OCO3)nc1NCc1cccnc1. The third-order valence-electron chi connectivity index (χ3n) is 4.58. The van der Waals surface area contributed by atoms with Crippen molar-refractivity contribution < 1.29 is 19.0 Å². The van der Waals surface area contributed by atoms with Crippen molar-refractivity contribution in [3.05, 3.63) is 66.0 Å². The van der Waals surface area contributed by atoms with Crippen molar-refractivity contribution in [2.75, 3.05) is 32.4 Å². The van der Waals surface area contributed by atoms with E-state index >= 15 is 0 Å². The molecule has 1 aliphatic heterocycles. The van der Waals surface area contributed by atoms with Gasteiger partial charge >= 0.3 is 0 Å². The van der Waals surface area contributed by atoms with Crippen LogP contribution in [0, 0.1) is 0 Å². The number of benzene rings is 1. The number of carbonyl (C=O) groups is 1. The van der Waals surface area contributed by atoms with Gasteiger partial charge in [0, 0.05) is 38.2 Å². The lowest BCUT2D eigenvalue weighted by atomic mass is 10.1. The molecule has 0 saturated carbocycles. The Balaban J connectivity index is 1.61. The molecule has 8 heteroatoms. The lowest BCUT2D eigenvalue weighted by Crippen LogP contribution is -2.28. The Morgan fingerprint density at radius 2 is 2.07 bits per heavy atom. The predicted molar refractivity (Wildman–Crippen MR) is 112 cm³/mol. The number of pyridine rings is 2. The topological polar surface area (TPSA) is 94.6 Å². The minimum Gasteiger partial charge on any atom is -0.454 e. The molecule has 0 fully saturated rings. The Morgan fingerprint density at radius 1 is 1.17 bits per heavy atom. The van der Waals surface area contributed by atoms with Gasteiger partial charge < -0.3 is 24.8 Å². The van der Waals surface area contributed by atoms with Crippen LogP contribution in [0.25, 0.3) is 11.3 Å². The van der Waals surface area contributed by atoms with Crippen molar-refractivity contribution in [3.8, 4) is 22.8 Å². The zero-order valence-corrected chi connectivity index (χ0v) is 16.6. The lowest BCUT2D eigenvalue weighted by molar-refractivity contribution is 0.0937. The van der Waals surface area contributed by atoms with Gasteiger partial charge in [-0.1, -0.05) is 6.07 Å². The summed E-state index contributed by atoms with van der Waals surface area (Å²) in [5.41, 5.74) is 3.03. The van der Waals surface area contributed by atoms with E-state index in [1.54, 1.807) is 25.6 Å². The fourth-order valence-electron chi connectivity index (χ4n) is 3.04. The highest BCUT2D eigenvalue weighted by molar-refractivity contribution is 5.99. The van der Waals surface area contributed by atoms with Gasteiger partial charge in [-0.3, -0.25) is 9.78 Å². The van der Waals surface area contributed by atoms with Crippen molar-refractivity contribution in [3.63, 3.8) is 0 Å². The number of fused-ring (bicyclic) bond motifs is 1. The maximum atomic E-state index is 12.7. The van der Waals surface area contributed by atoms with Crippen LogP contribution in [-0.2, 0) is 11.3 Å². The molecular formula is C22H22N4O4. The highest BCUT2D eigenvalue weighted by Gasteiger charge is 2.17. The van der Waals surface area contributed by atoms with E-state index in [1.165, 1.54) is 0 Å². The summed E-state index contributed by atoms with van der Waals surface area (Å²) in [6, 6.07) is 13.1. The number of hydrogen-bond acceptors (Lipinski definition) is 7. The first-order valence-electron chi connectivity index (χ1n) is 9.55. The number of anilines is 1. The summed E-state index contributed by atoms with van der Waals surface area (Å²) in [4.78, 5) is 21.5. The smallest absolute Gasteiger partial charge is 0.255 e. The van der Waals surface area contributed by atoms with E-state index in [-0.39, 0.29) is 12.7 Å². The molecule has 0 unspecified atom stereocenters. The minimum absolute atomic E-state index is 0.213. The van der Waals surface area contributed by atoms with Crippen LogP contribution in [0.1, 0.15) is 15.9 Å². The average molecular weight is 406 g/mol. The van der Waals surface area contributed by atoms with Gasteiger partial charge in [0.1, 0.15) is 5.82 Å². The predicted octanol–water partition coefficient (Wildman–Crippen LogP) is 2.86. The second-order valence-corrected chi connectivity index (χ2v) is 6.62. The molecule has 3 aromatic rings. The minimum atomic E-state index is -0.217. The number of aromatic nitrogens is 2. The number of ether oxygens (including phenoxy) is 3. The van der Waals surface area contributed by atoms with E-state index < -0.39 is 0 Å². The molecule has 1 amide bonds. The van der Waals surface area contributed by atoms with Gasteiger partial charge in [-0.2, -0.15) is 0 Å². The number of carbonyl (C=O) groups excluding carboxylic acids is 1. The monoisotopic (exact) mass is 406 g/mol. The largest absolute Gasteiger partial charge is 0.454 e. The molecule has 8 nitrogen and oxygen atoms in total. The second-order valence-electron chi connectivity index (χ2n) is 6.62. The maximum Gasteiger partial charge on any atom is 0.255 e. The molecule has 0 atom stereocenters. The molecule has 4 rings (SSSR count). The van der Waals surface area contributed by atoms with Crippen molar-refractivity contribution >= 4 is 11.7 Å². The number of nitrogens with zero attached hydrogens (tertiary/aromatic N) is 2. The number of hydrogen-bond donors (Lipinski definition) is 2. The van der Waals surface area contributed by atoms with Gasteiger partial charge in [0.15, 0.2) is 11.5 Å². The fourth-order valence-corrected chi connectivity index (χ4v) is 3.04. The van der Waals surface area contributed by atoms with Gasteiger partial charge in [0.05, 0.1) is 17.9 Å². The summed E-state index contributed by atoms with van der Waals surface area (Å²) in [7, 11) is 1.59. The first-order chi connectivity index (χ1) is 14.7. The van der Waals surface area contributed by atoms with Gasteiger partial charge in [-0.15, -0.1) is 0 Å². The van der Waals surface area contributed by atoms with Crippen LogP contribution < -0.4 is 20.1 Å². The van der Waals surface area contributed by atoms with Gasteiger partial charge in [0.25, 0.3) is 5.91 Å². The van der Waals surface area contributed by atoms with E-state index in [1.807, 2.05) is 36.4 Å². The Hall–Kier alpha value is -3.65. The Kier molecular flexibility index (Phi) is 6.05. The van der Waals surface area contributed by atoms with Crippen LogP contribution in [0.2, 0.25) is 0 Å². The number of amides is 1. The highest BCUT2D eigenvalue weighted by Crippen LogP contribution is 2.35. The van der Waals surface area contributed by atoms with Crippen LogP contribution in [0.4, 0.5) is 5.82 Å². The first-order valence-corrected chi connectivity index (χ1v) is 9.55. The zero-order chi connectivity index (χ0) is 20.8.